The fourth-order valence-corrected chi connectivity index (χ4v) is 18.6. The number of hydrogen-bond acceptors (Lipinski definition) is 2. The van der Waals surface area contributed by atoms with Gasteiger partial charge in [0.05, 0.1) is 49.8 Å². The van der Waals surface area contributed by atoms with Crippen LogP contribution in [0.1, 0.15) is 0 Å². The fraction of sp³-hybridized carbons (Fsp3) is 0. The second-order valence-corrected chi connectivity index (χ2v) is 25.5. The minimum absolute atomic E-state index is 0.582. The molecule has 17 rings (SSSR count). The fourth-order valence-electron chi connectivity index (χ4n) is 13.8. The highest BCUT2D eigenvalue weighted by atomic mass is 28.3. The predicted molar refractivity (Wildman–Crippen MR) is 348 cm³/mol. The van der Waals surface area contributed by atoms with Gasteiger partial charge in [0.2, 0.25) is 5.95 Å². The zero-order valence-corrected chi connectivity index (χ0v) is 46.1. The van der Waals surface area contributed by atoms with E-state index in [4.69, 9.17) is 9.97 Å². The molecule has 0 aliphatic carbocycles. The molecule has 0 aliphatic rings. The van der Waals surface area contributed by atoms with Crippen molar-refractivity contribution in [3.63, 3.8) is 0 Å². The molecule has 7 heteroatoms. The van der Waals surface area contributed by atoms with Crippen molar-refractivity contribution < 1.29 is 0 Å². The lowest BCUT2D eigenvalue weighted by atomic mass is 10.1. The molecule has 0 spiro atoms. The van der Waals surface area contributed by atoms with Gasteiger partial charge in [-0.1, -0.05) is 231 Å². The van der Waals surface area contributed by atoms with Crippen LogP contribution in [0.5, 0.6) is 0 Å². The topological polar surface area (TPSA) is 45.5 Å². The van der Waals surface area contributed by atoms with Crippen LogP contribution in [0.25, 0.3) is 122 Å². The minimum Gasteiger partial charge on any atom is -0.309 e. The molecule has 5 heterocycles. The van der Waals surface area contributed by atoms with E-state index in [1.54, 1.807) is 0 Å². The molecule has 0 bridgehead atoms. The van der Waals surface area contributed by atoms with Crippen molar-refractivity contribution in [2.45, 2.75) is 0 Å². The van der Waals surface area contributed by atoms with Gasteiger partial charge in [0.15, 0.2) is 8.07 Å². The number of nitrogens with zero attached hydrogens (tertiary/aromatic N) is 6. The Hall–Kier alpha value is -10.9. The Labute approximate surface area is 479 Å². The highest BCUT2D eigenvalue weighted by Gasteiger charge is 2.41. The standard InChI is InChI=1S/C76H50N6Si/c1-4-24-54(25-5-1)83(55-26-6-2-7-27-55,56-28-8-3-9-29-56)57-30-22-23-51(47-57)66-50-75(81-71-41-20-15-36-63(71)65-48-52(44-46-73(65)81)79-67-37-16-10-31-58(67)59-32-11-17-38-68(59)79)78-76(77-66)82-72-42-21-14-35-62(72)64-45-43-53(49-74(64)82)80-69-39-18-12-33-60(69)61-34-13-19-40-70(61)80/h1-50H. The number of fused-ring (bicyclic) bond motifs is 12. The van der Waals surface area contributed by atoms with Gasteiger partial charge in [-0.3, -0.25) is 9.13 Å². The van der Waals surface area contributed by atoms with Crippen LogP contribution in [0.4, 0.5) is 0 Å². The Kier molecular flexibility index (Phi) is 10.5. The molecule has 5 aromatic heterocycles. The first-order valence-electron chi connectivity index (χ1n) is 28.4. The predicted octanol–water partition coefficient (Wildman–Crippen LogP) is 15.9. The molecule has 17 aromatic rings. The highest BCUT2D eigenvalue weighted by Crippen LogP contribution is 2.40. The Morgan fingerprint density at radius 1 is 0.229 bits per heavy atom. The van der Waals surface area contributed by atoms with E-state index < -0.39 is 8.07 Å². The third-order valence-corrected chi connectivity index (χ3v) is 22.1. The second-order valence-electron chi connectivity index (χ2n) is 21.7. The van der Waals surface area contributed by atoms with Crippen LogP contribution in [0.15, 0.2) is 303 Å². The molecule has 0 amide bonds. The summed E-state index contributed by atoms with van der Waals surface area (Å²) in [5.41, 5.74) is 12.8. The van der Waals surface area contributed by atoms with Crippen molar-refractivity contribution in [2.24, 2.45) is 0 Å². The van der Waals surface area contributed by atoms with Crippen LogP contribution in [0.2, 0.25) is 0 Å². The number of hydrogen-bond donors (Lipinski definition) is 0. The van der Waals surface area contributed by atoms with Gasteiger partial charge in [-0.05, 0) is 87.5 Å². The first-order chi connectivity index (χ1) is 41.2. The van der Waals surface area contributed by atoms with Crippen molar-refractivity contribution in [2.75, 3.05) is 0 Å². The lowest BCUT2D eigenvalue weighted by molar-refractivity contribution is 0.951. The summed E-state index contributed by atoms with van der Waals surface area (Å²) >= 11 is 0. The lowest BCUT2D eigenvalue weighted by Crippen LogP contribution is -2.74. The van der Waals surface area contributed by atoms with E-state index in [1.807, 2.05) is 0 Å². The van der Waals surface area contributed by atoms with Gasteiger partial charge in [-0.25, -0.2) is 4.98 Å². The Bertz CT molecular complexity index is 5200. The number of aromatic nitrogens is 6. The van der Waals surface area contributed by atoms with E-state index in [0.717, 1.165) is 83.1 Å². The smallest absolute Gasteiger partial charge is 0.237 e. The van der Waals surface area contributed by atoms with Crippen molar-refractivity contribution in [1.82, 2.24) is 28.2 Å². The summed E-state index contributed by atoms with van der Waals surface area (Å²) in [4.78, 5) is 11.6. The van der Waals surface area contributed by atoms with E-state index in [2.05, 4.69) is 322 Å². The summed E-state index contributed by atoms with van der Waals surface area (Å²) < 4.78 is 9.45. The van der Waals surface area contributed by atoms with Crippen molar-refractivity contribution >= 4 is 116 Å². The lowest BCUT2D eigenvalue weighted by Gasteiger charge is -2.34. The van der Waals surface area contributed by atoms with Gasteiger partial charge in [0.1, 0.15) is 5.82 Å². The van der Waals surface area contributed by atoms with Crippen LogP contribution in [-0.2, 0) is 0 Å². The molecule has 6 nitrogen and oxygen atoms in total. The molecule has 0 radical (unpaired) electrons. The van der Waals surface area contributed by atoms with E-state index in [1.165, 1.54) is 53.3 Å². The second kappa shape index (κ2) is 18.6. The van der Waals surface area contributed by atoms with Crippen molar-refractivity contribution in [1.29, 1.82) is 0 Å². The highest BCUT2D eigenvalue weighted by molar-refractivity contribution is 7.19. The molecule has 0 atom stereocenters. The van der Waals surface area contributed by atoms with Gasteiger partial charge in [-0.15, -0.1) is 0 Å². The molecule has 0 aliphatic heterocycles. The summed E-state index contributed by atoms with van der Waals surface area (Å²) in [6.07, 6.45) is 0. The maximum absolute atomic E-state index is 5.82. The Morgan fingerprint density at radius 2 is 0.602 bits per heavy atom. The van der Waals surface area contributed by atoms with Crippen LogP contribution in [0.3, 0.4) is 0 Å². The number of rotatable bonds is 9. The average Bonchev–Trinajstić information content (AvgIpc) is 4.42. The van der Waals surface area contributed by atoms with Gasteiger partial charge in [-0.2, -0.15) is 4.98 Å². The molecule has 0 saturated carbocycles. The zero-order chi connectivity index (χ0) is 54.6. The monoisotopic (exact) mass is 1070 g/mol. The van der Waals surface area contributed by atoms with Crippen LogP contribution >= 0.6 is 0 Å². The van der Waals surface area contributed by atoms with Crippen molar-refractivity contribution in [3.05, 3.63) is 303 Å². The summed E-state index contributed by atoms with van der Waals surface area (Å²) in [7, 11) is -2.94. The Balaban J connectivity index is 0.947. The largest absolute Gasteiger partial charge is 0.309 e. The van der Waals surface area contributed by atoms with Crippen LogP contribution < -0.4 is 20.7 Å². The van der Waals surface area contributed by atoms with Gasteiger partial charge >= 0.3 is 0 Å². The third-order valence-electron chi connectivity index (χ3n) is 17.3. The van der Waals surface area contributed by atoms with Gasteiger partial charge in [0.25, 0.3) is 0 Å². The number of benzene rings is 12. The maximum Gasteiger partial charge on any atom is 0.237 e. The normalized spacial score (nSPS) is 12.1. The van der Waals surface area contributed by atoms with Crippen LogP contribution in [0, 0.1) is 0 Å². The molecule has 0 N–H and O–H groups in total. The molecule has 0 saturated heterocycles. The first kappa shape index (κ1) is 47.0. The van der Waals surface area contributed by atoms with Crippen LogP contribution in [-0.4, -0.2) is 36.3 Å². The first-order valence-corrected chi connectivity index (χ1v) is 30.4. The Morgan fingerprint density at radius 3 is 1.10 bits per heavy atom. The maximum atomic E-state index is 5.82. The van der Waals surface area contributed by atoms with E-state index in [-0.39, 0.29) is 0 Å². The van der Waals surface area contributed by atoms with Gasteiger partial charge in [0, 0.05) is 66.1 Å². The molecule has 12 aromatic carbocycles. The molecule has 0 unspecified atom stereocenters. The summed E-state index contributed by atoms with van der Waals surface area (Å²) in [6, 6.07) is 111. The van der Waals surface area contributed by atoms with Gasteiger partial charge < -0.3 is 9.13 Å². The molecule has 388 valence electrons. The molecule has 0 fully saturated rings. The number of para-hydroxylation sites is 6. The summed E-state index contributed by atoms with van der Waals surface area (Å²) in [5, 5.41) is 14.7. The van der Waals surface area contributed by atoms with Crippen molar-refractivity contribution in [3.8, 4) is 34.4 Å². The average molecular weight is 1080 g/mol. The minimum atomic E-state index is -2.94. The molecular weight excluding hydrogens is 1020 g/mol. The summed E-state index contributed by atoms with van der Waals surface area (Å²) in [5.74, 6) is 1.35. The third kappa shape index (κ3) is 7.08. The van der Waals surface area contributed by atoms with E-state index in [9.17, 15) is 0 Å². The van der Waals surface area contributed by atoms with E-state index in [0.29, 0.717) is 5.95 Å². The summed E-state index contributed by atoms with van der Waals surface area (Å²) in [6.45, 7) is 0. The molecule has 83 heavy (non-hydrogen) atoms. The SMILES string of the molecule is c1ccc([Si](c2ccccc2)(c2ccccc2)c2cccc(-c3cc(-n4c5ccccc5c5cc(-n6c7ccccc7c7ccccc76)ccc54)nc(-n4c5ccccc5c5ccc(-n6c7ccccc7c7ccccc76)cc54)n3)c2)cc1. The zero-order valence-electron chi connectivity index (χ0n) is 45.1. The molecular formula is C76H50N6Si. The quantitative estimate of drug-likeness (QED) is 0.107. The van der Waals surface area contributed by atoms with E-state index >= 15 is 0 Å².